The summed E-state index contributed by atoms with van der Waals surface area (Å²) >= 11 is 12.5. The molecule has 0 saturated carbocycles. The van der Waals surface area contributed by atoms with Gasteiger partial charge in [0.15, 0.2) is 0 Å². The molecule has 11 heteroatoms. The van der Waals surface area contributed by atoms with E-state index < -0.39 is 22.1 Å². The van der Waals surface area contributed by atoms with Crippen LogP contribution in [0.3, 0.4) is 0 Å². The summed E-state index contributed by atoms with van der Waals surface area (Å²) < 4.78 is 37.3. The second kappa shape index (κ2) is 11.6. The molecule has 0 unspecified atom stereocenters. The van der Waals surface area contributed by atoms with Crippen LogP contribution in [0.25, 0.3) is 0 Å². The Hall–Kier alpha value is -3.65. The number of hydrogen-bond donors (Lipinski definition) is 0. The van der Waals surface area contributed by atoms with Gasteiger partial charge in [0, 0.05) is 35.2 Å². The molecule has 2 aliphatic heterocycles. The van der Waals surface area contributed by atoms with Crippen LogP contribution in [-0.2, 0) is 21.3 Å². The normalized spacial score (nSPS) is 18.9. The number of halogens is 2. The first kappa shape index (κ1) is 28.5. The van der Waals surface area contributed by atoms with Crippen molar-refractivity contribution in [2.75, 3.05) is 30.6 Å². The number of aromatic nitrogens is 1. The zero-order valence-corrected chi connectivity index (χ0v) is 24.7. The third-order valence-electron chi connectivity index (χ3n) is 7.67. The molecule has 0 aliphatic carbocycles. The number of anilines is 1. The molecule has 1 saturated heterocycles. The molecule has 1 aromatic heterocycles. The van der Waals surface area contributed by atoms with Gasteiger partial charge in [-0.05, 0) is 65.7 Å². The maximum absolute atomic E-state index is 14.5. The molecule has 4 aromatic rings. The van der Waals surface area contributed by atoms with Crippen molar-refractivity contribution < 1.29 is 13.2 Å². The molecule has 3 heterocycles. The van der Waals surface area contributed by atoms with Crippen LogP contribution in [0, 0.1) is 11.3 Å². The van der Waals surface area contributed by atoms with E-state index in [2.05, 4.69) is 4.90 Å². The van der Waals surface area contributed by atoms with E-state index in [1.807, 2.05) is 18.2 Å². The van der Waals surface area contributed by atoms with Gasteiger partial charge in [0.25, 0.3) is 15.6 Å². The van der Waals surface area contributed by atoms with Crippen LogP contribution in [0.15, 0.2) is 94.6 Å². The highest BCUT2D eigenvalue weighted by Crippen LogP contribution is 2.49. The minimum Gasteiger partial charge on any atom is -0.379 e. The Labute approximate surface area is 253 Å². The lowest BCUT2D eigenvalue weighted by Crippen LogP contribution is -2.38. The summed E-state index contributed by atoms with van der Waals surface area (Å²) in [5.41, 5.74) is 1.86. The van der Waals surface area contributed by atoms with E-state index >= 15 is 0 Å². The Morgan fingerprint density at radius 1 is 0.857 bits per heavy atom. The van der Waals surface area contributed by atoms with E-state index in [1.54, 1.807) is 59.2 Å². The molecule has 0 spiro atoms. The summed E-state index contributed by atoms with van der Waals surface area (Å²) in [5, 5.41) is 10.5. The number of sulfonamides is 1. The fourth-order valence-electron chi connectivity index (χ4n) is 5.65. The third-order valence-corrected chi connectivity index (χ3v) is 9.96. The zero-order chi connectivity index (χ0) is 29.4. The van der Waals surface area contributed by atoms with E-state index in [-0.39, 0.29) is 21.8 Å². The van der Waals surface area contributed by atoms with Gasteiger partial charge in [0.2, 0.25) is 0 Å². The molecule has 1 fully saturated rings. The van der Waals surface area contributed by atoms with Crippen LogP contribution in [0.1, 0.15) is 34.3 Å². The highest BCUT2D eigenvalue weighted by Gasteiger charge is 2.47. The summed E-state index contributed by atoms with van der Waals surface area (Å²) in [6.07, 6.45) is 0. The number of benzene rings is 3. The standard InChI is InChI=1S/C31H26Cl2N4O4S/c32-25-9-4-22(5-10-25)29-30(23-6-11-26(33)12-7-23)37(42(39,40)27-3-1-2-21(18-27)19-34)28-13-8-24(31(38)36(28)29)20-35-14-16-41-17-15-35/h1-13,18,29-30H,14-17,20H2/t29-,30+/m0/s1. The molecule has 0 amide bonds. The number of morpholine rings is 1. The van der Waals surface area contributed by atoms with Gasteiger partial charge in [-0.3, -0.25) is 14.3 Å². The average Bonchev–Trinajstić information content (AvgIpc) is 3.36. The molecule has 2 atom stereocenters. The maximum Gasteiger partial charge on any atom is 0.266 e. The highest BCUT2D eigenvalue weighted by atomic mass is 35.5. The lowest BCUT2D eigenvalue weighted by atomic mass is 9.94. The van der Waals surface area contributed by atoms with E-state index in [0.717, 1.165) is 5.56 Å². The largest absolute Gasteiger partial charge is 0.379 e. The fourth-order valence-corrected chi connectivity index (χ4v) is 7.58. The molecule has 214 valence electrons. The van der Waals surface area contributed by atoms with Crippen molar-refractivity contribution in [2.24, 2.45) is 0 Å². The Morgan fingerprint density at radius 2 is 1.48 bits per heavy atom. The van der Waals surface area contributed by atoms with Gasteiger partial charge in [-0.25, -0.2) is 12.7 Å². The number of fused-ring (bicyclic) bond motifs is 1. The first-order valence-electron chi connectivity index (χ1n) is 13.4. The van der Waals surface area contributed by atoms with Crippen LogP contribution in [0.2, 0.25) is 10.0 Å². The van der Waals surface area contributed by atoms with Crippen LogP contribution in [0.4, 0.5) is 5.82 Å². The van der Waals surface area contributed by atoms with Crippen molar-refractivity contribution in [3.8, 4) is 6.07 Å². The highest BCUT2D eigenvalue weighted by molar-refractivity contribution is 7.92. The van der Waals surface area contributed by atoms with Gasteiger partial charge in [0.1, 0.15) is 5.82 Å². The molecule has 0 N–H and O–H groups in total. The fraction of sp³-hybridized carbons (Fsp3) is 0.226. The third kappa shape index (κ3) is 5.21. The molecular weight excluding hydrogens is 595 g/mol. The van der Waals surface area contributed by atoms with Crippen molar-refractivity contribution >= 4 is 39.0 Å². The Morgan fingerprint density at radius 3 is 2.10 bits per heavy atom. The van der Waals surface area contributed by atoms with E-state index in [9.17, 15) is 18.5 Å². The topological polar surface area (TPSA) is 95.6 Å². The molecule has 6 rings (SSSR count). The Bertz CT molecular complexity index is 1830. The zero-order valence-electron chi connectivity index (χ0n) is 22.4. The van der Waals surface area contributed by atoms with Crippen molar-refractivity contribution in [3.63, 3.8) is 0 Å². The number of rotatable bonds is 6. The minimum absolute atomic E-state index is 0.0475. The van der Waals surface area contributed by atoms with Gasteiger partial charge in [-0.15, -0.1) is 0 Å². The second-order valence-corrected chi connectivity index (χ2v) is 12.9. The summed E-state index contributed by atoms with van der Waals surface area (Å²) in [7, 11) is -4.26. The number of nitriles is 1. The summed E-state index contributed by atoms with van der Waals surface area (Å²) in [5.74, 6) is 0.230. The van der Waals surface area contributed by atoms with Crippen LogP contribution in [-0.4, -0.2) is 44.2 Å². The number of hydrogen-bond acceptors (Lipinski definition) is 6. The number of nitrogens with zero attached hydrogens (tertiary/aromatic N) is 4. The predicted octanol–water partition coefficient (Wildman–Crippen LogP) is 5.40. The van der Waals surface area contributed by atoms with Crippen molar-refractivity contribution in [1.82, 2.24) is 9.47 Å². The van der Waals surface area contributed by atoms with Gasteiger partial charge in [-0.2, -0.15) is 5.26 Å². The number of pyridine rings is 1. The maximum atomic E-state index is 14.5. The van der Waals surface area contributed by atoms with Crippen LogP contribution in [0.5, 0.6) is 0 Å². The molecule has 8 nitrogen and oxygen atoms in total. The van der Waals surface area contributed by atoms with E-state index in [1.165, 1.54) is 22.5 Å². The lowest BCUT2D eigenvalue weighted by molar-refractivity contribution is 0.0339. The summed E-state index contributed by atoms with van der Waals surface area (Å²) in [6, 6.07) is 23.8. The first-order valence-corrected chi connectivity index (χ1v) is 15.6. The first-order chi connectivity index (χ1) is 20.3. The summed E-state index contributed by atoms with van der Waals surface area (Å²) in [6.45, 7) is 2.99. The Kier molecular flexibility index (Phi) is 7.83. The van der Waals surface area contributed by atoms with Gasteiger partial charge in [-0.1, -0.05) is 53.5 Å². The van der Waals surface area contributed by atoms with Gasteiger partial charge in [0.05, 0.1) is 41.8 Å². The smallest absolute Gasteiger partial charge is 0.266 e. The molecule has 42 heavy (non-hydrogen) atoms. The SMILES string of the molecule is N#Cc1cccc(S(=O)(=O)N2c3ccc(CN4CCOCC4)c(=O)n3[C@@H](c3ccc(Cl)cc3)[C@H]2c2ccc(Cl)cc2)c1. The number of ether oxygens (including phenoxy) is 1. The van der Waals surface area contributed by atoms with Crippen LogP contribution < -0.4 is 9.86 Å². The quantitative estimate of drug-likeness (QED) is 0.286. The van der Waals surface area contributed by atoms with Gasteiger partial charge >= 0.3 is 0 Å². The molecule has 2 aliphatic rings. The van der Waals surface area contributed by atoms with E-state index in [4.69, 9.17) is 27.9 Å². The molecule has 3 aromatic carbocycles. The second-order valence-electron chi connectivity index (χ2n) is 10.2. The van der Waals surface area contributed by atoms with Crippen LogP contribution >= 0.6 is 23.2 Å². The Balaban J connectivity index is 1.60. The van der Waals surface area contributed by atoms with Gasteiger partial charge < -0.3 is 4.74 Å². The van der Waals surface area contributed by atoms with Crippen molar-refractivity contribution in [3.05, 3.63) is 128 Å². The minimum atomic E-state index is -4.26. The lowest BCUT2D eigenvalue weighted by Gasteiger charge is -2.29. The molecule has 0 bridgehead atoms. The predicted molar refractivity (Wildman–Crippen MR) is 161 cm³/mol. The molecular formula is C31H26Cl2N4O4S. The average molecular weight is 622 g/mol. The van der Waals surface area contributed by atoms with Crippen molar-refractivity contribution in [2.45, 2.75) is 23.5 Å². The van der Waals surface area contributed by atoms with E-state index in [0.29, 0.717) is 54.0 Å². The van der Waals surface area contributed by atoms with Crippen molar-refractivity contribution in [1.29, 1.82) is 5.26 Å². The monoisotopic (exact) mass is 620 g/mol. The summed E-state index contributed by atoms with van der Waals surface area (Å²) in [4.78, 5) is 16.4. The molecule has 0 radical (unpaired) electrons.